The maximum absolute atomic E-state index is 13.0. The normalized spacial score (nSPS) is 10.4. The predicted molar refractivity (Wildman–Crippen MR) is 47.9 cm³/mol. The quantitative estimate of drug-likeness (QED) is 0.704. The number of rotatable bonds is 1. The third-order valence-electron chi connectivity index (χ3n) is 1.80. The van der Waals surface area contributed by atoms with E-state index in [2.05, 4.69) is 5.10 Å². The van der Waals surface area contributed by atoms with Crippen molar-refractivity contribution < 1.29 is 8.78 Å². The molecule has 0 saturated carbocycles. The van der Waals surface area contributed by atoms with Crippen molar-refractivity contribution in [2.75, 3.05) is 5.73 Å². The molecule has 2 rings (SSSR count). The number of halogens is 2. The molecule has 2 aromatic rings. The van der Waals surface area contributed by atoms with Gasteiger partial charge in [-0.15, -0.1) is 0 Å². The summed E-state index contributed by atoms with van der Waals surface area (Å²) in [5, 5.41) is 3.69. The monoisotopic (exact) mass is 195 g/mol. The summed E-state index contributed by atoms with van der Waals surface area (Å²) in [6.45, 7) is 0. The van der Waals surface area contributed by atoms with E-state index in [1.54, 1.807) is 6.07 Å². The molecule has 14 heavy (non-hydrogen) atoms. The average Bonchev–Trinajstić information content (AvgIpc) is 2.57. The van der Waals surface area contributed by atoms with Gasteiger partial charge < -0.3 is 5.73 Å². The molecule has 3 nitrogen and oxygen atoms in total. The molecule has 0 spiro atoms. The van der Waals surface area contributed by atoms with Crippen molar-refractivity contribution in [3.05, 3.63) is 42.2 Å². The van der Waals surface area contributed by atoms with Gasteiger partial charge in [-0.05, 0) is 12.1 Å². The van der Waals surface area contributed by atoms with E-state index in [0.717, 1.165) is 12.4 Å². The number of benzene rings is 1. The van der Waals surface area contributed by atoms with Crippen LogP contribution in [0.1, 0.15) is 0 Å². The van der Waals surface area contributed by atoms with Crippen LogP contribution in [0.5, 0.6) is 0 Å². The molecule has 1 aromatic heterocycles. The molecule has 2 N–H and O–H groups in total. The van der Waals surface area contributed by atoms with Crippen molar-refractivity contribution in [3.63, 3.8) is 0 Å². The van der Waals surface area contributed by atoms with Crippen LogP contribution in [0, 0.1) is 11.6 Å². The van der Waals surface area contributed by atoms with Crippen molar-refractivity contribution in [3.8, 4) is 5.69 Å². The zero-order valence-corrected chi connectivity index (χ0v) is 7.11. The van der Waals surface area contributed by atoms with Crippen molar-refractivity contribution >= 4 is 5.69 Å². The molecule has 0 amide bonds. The highest BCUT2D eigenvalue weighted by atomic mass is 19.1. The largest absolute Gasteiger partial charge is 0.396 e. The second-order valence-corrected chi connectivity index (χ2v) is 2.81. The third kappa shape index (κ3) is 1.44. The minimum absolute atomic E-state index is 0.0568. The molecule has 0 atom stereocenters. The lowest BCUT2D eigenvalue weighted by Gasteiger charge is -2.02. The summed E-state index contributed by atoms with van der Waals surface area (Å²) >= 11 is 0. The summed E-state index contributed by atoms with van der Waals surface area (Å²) in [7, 11) is 0. The molecule has 5 heteroatoms. The number of hydrogen-bond acceptors (Lipinski definition) is 2. The van der Waals surface area contributed by atoms with Crippen LogP contribution < -0.4 is 5.73 Å². The molecule has 0 unspecified atom stereocenters. The van der Waals surface area contributed by atoms with Gasteiger partial charge in [-0.25, -0.2) is 13.5 Å². The lowest BCUT2D eigenvalue weighted by molar-refractivity contribution is 0.624. The molecule has 72 valence electrons. The van der Waals surface area contributed by atoms with Gasteiger partial charge in [-0.2, -0.15) is 5.10 Å². The summed E-state index contributed by atoms with van der Waals surface area (Å²) in [6, 6.07) is 4.16. The minimum atomic E-state index is -0.543. The summed E-state index contributed by atoms with van der Waals surface area (Å²) < 4.78 is 26.8. The molecule has 0 aliphatic heterocycles. The molecule has 0 saturated heterocycles. The molecular formula is C9H7F2N3. The highest BCUT2D eigenvalue weighted by Crippen LogP contribution is 2.15. The Morgan fingerprint density at radius 3 is 2.64 bits per heavy atom. The Kier molecular flexibility index (Phi) is 1.92. The Labute approximate surface area is 78.8 Å². The Hall–Kier alpha value is -1.91. The van der Waals surface area contributed by atoms with Gasteiger partial charge in [0.2, 0.25) is 0 Å². The molecule has 1 heterocycles. The van der Waals surface area contributed by atoms with Gasteiger partial charge in [-0.1, -0.05) is 0 Å². The van der Waals surface area contributed by atoms with E-state index in [4.69, 9.17) is 5.73 Å². The van der Waals surface area contributed by atoms with E-state index in [9.17, 15) is 8.78 Å². The molecule has 0 radical (unpaired) electrons. The zero-order chi connectivity index (χ0) is 10.1. The number of aromatic nitrogens is 2. The maximum atomic E-state index is 13.0. The fourth-order valence-corrected chi connectivity index (χ4v) is 1.10. The van der Waals surface area contributed by atoms with E-state index < -0.39 is 11.6 Å². The van der Waals surface area contributed by atoms with Gasteiger partial charge in [0, 0.05) is 6.07 Å². The molecule has 0 aliphatic carbocycles. The fraction of sp³-hybridized carbons (Fsp3) is 0. The van der Waals surface area contributed by atoms with Crippen LogP contribution in [-0.2, 0) is 0 Å². The number of nitrogens with two attached hydrogens (primary N) is 1. The summed E-state index contributed by atoms with van der Waals surface area (Å²) in [5.41, 5.74) is 5.78. The van der Waals surface area contributed by atoms with E-state index in [1.165, 1.54) is 16.8 Å². The third-order valence-corrected chi connectivity index (χ3v) is 1.80. The maximum Gasteiger partial charge on any atom is 0.161 e. The van der Waals surface area contributed by atoms with Crippen molar-refractivity contribution in [1.82, 2.24) is 9.78 Å². The zero-order valence-electron chi connectivity index (χ0n) is 7.11. The van der Waals surface area contributed by atoms with Crippen LogP contribution in [0.4, 0.5) is 14.5 Å². The SMILES string of the molecule is Nc1ccc(-n2cc(F)cn2)cc1F. The number of nitrogens with zero attached hydrogens (tertiary/aromatic N) is 2. The van der Waals surface area contributed by atoms with E-state index in [0.29, 0.717) is 5.69 Å². The molecule has 1 aromatic carbocycles. The molecular weight excluding hydrogens is 188 g/mol. The Balaban J connectivity index is 2.47. The van der Waals surface area contributed by atoms with Gasteiger partial charge in [-0.3, -0.25) is 0 Å². The second-order valence-electron chi connectivity index (χ2n) is 2.81. The molecule has 0 bridgehead atoms. The lowest BCUT2D eigenvalue weighted by Crippen LogP contribution is -1.97. The second kappa shape index (κ2) is 3.10. The van der Waals surface area contributed by atoms with Gasteiger partial charge in [0.1, 0.15) is 5.82 Å². The van der Waals surface area contributed by atoms with E-state index >= 15 is 0 Å². The lowest BCUT2D eigenvalue weighted by atomic mass is 10.3. The topological polar surface area (TPSA) is 43.8 Å². The highest BCUT2D eigenvalue weighted by Gasteiger charge is 2.03. The number of nitrogen functional groups attached to an aromatic ring is 1. The van der Waals surface area contributed by atoms with Crippen LogP contribution in [0.15, 0.2) is 30.6 Å². The standard InChI is InChI=1S/C9H7F2N3/c10-6-4-13-14(5-6)7-1-2-9(12)8(11)3-7/h1-5H,12H2. The van der Waals surface area contributed by atoms with Crippen molar-refractivity contribution in [2.45, 2.75) is 0 Å². The van der Waals surface area contributed by atoms with Crippen molar-refractivity contribution in [2.24, 2.45) is 0 Å². The van der Waals surface area contributed by atoms with Crippen LogP contribution >= 0.6 is 0 Å². The Bertz CT molecular complexity index is 465. The van der Waals surface area contributed by atoms with Gasteiger partial charge in [0.15, 0.2) is 5.82 Å². The van der Waals surface area contributed by atoms with Crippen LogP contribution in [0.3, 0.4) is 0 Å². The van der Waals surface area contributed by atoms with Gasteiger partial charge in [0.25, 0.3) is 0 Å². The Morgan fingerprint density at radius 1 is 1.29 bits per heavy atom. The number of hydrogen-bond donors (Lipinski definition) is 1. The number of anilines is 1. The summed E-state index contributed by atoms with van der Waals surface area (Å²) in [4.78, 5) is 0. The summed E-state index contributed by atoms with van der Waals surface area (Å²) in [5.74, 6) is -1.01. The van der Waals surface area contributed by atoms with Crippen LogP contribution in [-0.4, -0.2) is 9.78 Å². The Morgan fingerprint density at radius 2 is 2.07 bits per heavy atom. The van der Waals surface area contributed by atoms with Crippen LogP contribution in [0.25, 0.3) is 5.69 Å². The fourth-order valence-electron chi connectivity index (χ4n) is 1.10. The molecule has 0 fully saturated rings. The van der Waals surface area contributed by atoms with Gasteiger partial charge in [0.05, 0.1) is 23.8 Å². The minimum Gasteiger partial charge on any atom is -0.396 e. The molecule has 0 aliphatic rings. The smallest absolute Gasteiger partial charge is 0.161 e. The van der Waals surface area contributed by atoms with Crippen LogP contribution in [0.2, 0.25) is 0 Å². The highest BCUT2D eigenvalue weighted by molar-refractivity contribution is 5.46. The van der Waals surface area contributed by atoms with E-state index in [1.807, 2.05) is 0 Å². The first kappa shape index (κ1) is 8.68. The first-order valence-corrected chi connectivity index (χ1v) is 3.92. The van der Waals surface area contributed by atoms with E-state index in [-0.39, 0.29) is 5.69 Å². The van der Waals surface area contributed by atoms with Crippen molar-refractivity contribution in [1.29, 1.82) is 0 Å². The first-order chi connectivity index (χ1) is 6.66. The first-order valence-electron chi connectivity index (χ1n) is 3.92. The van der Waals surface area contributed by atoms with Gasteiger partial charge >= 0.3 is 0 Å². The average molecular weight is 195 g/mol. The summed E-state index contributed by atoms with van der Waals surface area (Å²) in [6.07, 6.45) is 2.21. The predicted octanol–water partition coefficient (Wildman–Crippen LogP) is 1.73.